The summed E-state index contributed by atoms with van der Waals surface area (Å²) < 4.78 is 7.39. The van der Waals surface area contributed by atoms with Gasteiger partial charge in [-0.3, -0.25) is 4.90 Å². The molecule has 5 nitrogen and oxygen atoms in total. The Balaban J connectivity index is 1.92. The minimum absolute atomic E-state index is 0.639. The number of nitrogens with two attached hydrogens (primary N) is 1. The summed E-state index contributed by atoms with van der Waals surface area (Å²) in [6.45, 7) is 6.20. The van der Waals surface area contributed by atoms with E-state index in [2.05, 4.69) is 23.0 Å². The van der Waals surface area contributed by atoms with Gasteiger partial charge in [-0.1, -0.05) is 6.92 Å². The van der Waals surface area contributed by atoms with Gasteiger partial charge in [-0.05, 0) is 18.7 Å². The van der Waals surface area contributed by atoms with E-state index in [9.17, 15) is 0 Å². The Bertz CT molecular complexity index is 449. The van der Waals surface area contributed by atoms with E-state index in [4.69, 9.17) is 10.2 Å². The molecule has 0 amide bonds. The molecule has 0 aliphatic carbocycles. The Kier molecular flexibility index (Phi) is 4.55. The molecule has 0 unspecified atom stereocenters. The topological polar surface area (TPSA) is 60.2 Å². The summed E-state index contributed by atoms with van der Waals surface area (Å²) in [6.07, 6.45) is 5.60. The van der Waals surface area contributed by atoms with Crippen LogP contribution in [-0.2, 0) is 19.6 Å². The van der Waals surface area contributed by atoms with E-state index >= 15 is 0 Å². The summed E-state index contributed by atoms with van der Waals surface area (Å²) in [7, 11) is 0. The zero-order valence-corrected chi connectivity index (χ0v) is 10.7. The predicted molar refractivity (Wildman–Crippen MR) is 69.8 cm³/mol. The maximum atomic E-state index is 5.52. The average molecular weight is 248 g/mol. The number of nitrogens with zero attached hydrogens (tertiary/aromatic N) is 3. The second-order valence-corrected chi connectivity index (χ2v) is 4.27. The SMILES string of the molecule is CCN(Cc1cn(CCN)cn1)Cc1ccco1. The molecule has 5 heteroatoms. The number of hydrogen-bond acceptors (Lipinski definition) is 4. The van der Waals surface area contributed by atoms with E-state index in [-0.39, 0.29) is 0 Å². The molecule has 98 valence electrons. The Morgan fingerprint density at radius 1 is 1.44 bits per heavy atom. The maximum absolute atomic E-state index is 5.52. The van der Waals surface area contributed by atoms with Crippen LogP contribution in [0.25, 0.3) is 0 Å². The van der Waals surface area contributed by atoms with Gasteiger partial charge < -0.3 is 14.7 Å². The van der Waals surface area contributed by atoms with Crippen molar-refractivity contribution in [1.29, 1.82) is 0 Å². The van der Waals surface area contributed by atoms with Crippen molar-refractivity contribution in [2.24, 2.45) is 5.73 Å². The van der Waals surface area contributed by atoms with Crippen molar-refractivity contribution in [3.8, 4) is 0 Å². The second kappa shape index (κ2) is 6.37. The first kappa shape index (κ1) is 12.9. The molecule has 0 saturated carbocycles. The van der Waals surface area contributed by atoms with Crippen molar-refractivity contribution in [3.63, 3.8) is 0 Å². The van der Waals surface area contributed by atoms with E-state index in [1.54, 1.807) is 6.26 Å². The number of hydrogen-bond donors (Lipinski definition) is 1. The lowest BCUT2D eigenvalue weighted by molar-refractivity contribution is 0.245. The summed E-state index contributed by atoms with van der Waals surface area (Å²) in [5, 5.41) is 0. The highest BCUT2D eigenvalue weighted by molar-refractivity contribution is 5.00. The van der Waals surface area contributed by atoms with Gasteiger partial charge in [0.25, 0.3) is 0 Å². The maximum Gasteiger partial charge on any atom is 0.117 e. The fourth-order valence-corrected chi connectivity index (χ4v) is 1.89. The van der Waals surface area contributed by atoms with Crippen LogP contribution < -0.4 is 5.73 Å². The van der Waals surface area contributed by atoms with Crippen LogP contribution in [0.4, 0.5) is 0 Å². The number of aromatic nitrogens is 2. The molecule has 0 aliphatic rings. The Labute approximate surface area is 107 Å². The number of rotatable bonds is 7. The Morgan fingerprint density at radius 3 is 3.00 bits per heavy atom. The van der Waals surface area contributed by atoms with Crippen molar-refractivity contribution in [1.82, 2.24) is 14.5 Å². The van der Waals surface area contributed by atoms with Crippen LogP contribution in [0.1, 0.15) is 18.4 Å². The molecule has 0 aromatic carbocycles. The zero-order valence-electron chi connectivity index (χ0n) is 10.7. The highest BCUT2D eigenvalue weighted by atomic mass is 16.3. The van der Waals surface area contributed by atoms with E-state index < -0.39 is 0 Å². The van der Waals surface area contributed by atoms with E-state index in [0.717, 1.165) is 37.6 Å². The van der Waals surface area contributed by atoms with Crippen molar-refractivity contribution in [2.75, 3.05) is 13.1 Å². The molecule has 2 aromatic heterocycles. The summed E-state index contributed by atoms with van der Waals surface area (Å²) in [5.41, 5.74) is 6.58. The van der Waals surface area contributed by atoms with Crippen molar-refractivity contribution < 1.29 is 4.42 Å². The van der Waals surface area contributed by atoms with Crippen LogP contribution in [0.5, 0.6) is 0 Å². The summed E-state index contributed by atoms with van der Waals surface area (Å²) in [5.74, 6) is 0.984. The van der Waals surface area contributed by atoms with Crippen LogP contribution in [0, 0.1) is 0 Å². The third-order valence-electron chi connectivity index (χ3n) is 2.87. The molecule has 2 rings (SSSR count). The summed E-state index contributed by atoms with van der Waals surface area (Å²) in [6, 6.07) is 3.91. The minimum Gasteiger partial charge on any atom is -0.468 e. The third kappa shape index (κ3) is 3.45. The highest BCUT2D eigenvalue weighted by Gasteiger charge is 2.08. The third-order valence-corrected chi connectivity index (χ3v) is 2.87. The van der Waals surface area contributed by atoms with Crippen LogP contribution in [-0.4, -0.2) is 27.5 Å². The standard InChI is InChI=1S/C13H20N4O/c1-2-16(10-13-4-3-7-18-13)8-12-9-17(6-5-14)11-15-12/h3-4,7,9,11H,2,5-6,8,10,14H2,1H3. The normalized spacial score (nSPS) is 11.3. The molecule has 0 radical (unpaired) electrons. The first-order valence-electron chi connectivity index (χ1n) is 6.27. The van der Waals surface area contributed by atoms with Gasteiger partial charge in [0.15, 0.2) is 0 Å². The van der Waals surface area contributed by atoms with Gasteiger partial charge in [0.1, 0.15) is 5.76 Å². The van der Waals surface area contributed by atoms with Crippen LogP contribution in [0.2, 0.25) is 0 Å². The molecular weight excluding hydrogens is 228 g/mol. The first-order chi connectivity index (χ1) is 8.81. The molecule has 0 bridgehead atoms. The van der Waals surface area contributed by atoms with Gasteiger partial charge in [-0.2, -0.15) is 0 Å². The van der Waals surface area contributed by atoms with Crippen LogP contribution in [0.15, 0.2) is 35.3 Å². The van der Waals surface area contributed by atoms with Crippen LogP contribution >= 0.6 is 0 Å². The minimum atomic E-state index is 0.639. The lowest BCUT2D eigenvalue weighted by atomic mass is 10.3. The van der Waals surface area contributed by atoms with Gasteiger partial charge in [0.05, 0.1) is 24.8 Å². The van der Waals surface area contributed by atoms with Crippen LogP contribution in [0.3, 0.4) is 0 Å². The first-order valence-corrected chi connectivity index (χ1v) is 6.27. The lowest BCUT2D eigenvalue weighted by Crippen LogP contribution is -2.22. The zero-order chi connectivity index (χ0) is 12.8. The molecular formula is C13H20N4O. The summed E-state index contributed by atoms with van der Waals surface area (Å²) >= 11 is 0. The average Bonchev–Trinajstić information content (AvgIpc) is 3.01. The van der Waals surface area contributed by atoms with Gasteiger partial charge in [-0.15, -0.1) is 0 Å². The van der Waals surface area contributed by atoms with Gasteiger partial charge >= 0.3 is 0 Å². The second-order valence-electron chi connectivity index (χ2n) is 4.27. The van der Waals surface area contributed by atoms with Gasteiger partial charge in [0, 0.05) is 25.8 Å². The molecule has 18 heavy (non-hydrogen) atoms. The van der Waals surface area contributed by atoms with Gasteiger partial charge in [0.2, 0.25) is 0 Å². The fourth-order valence-electron chi connectivity index (χ4n) is 1.89. The van der Waals surface area contributed by atoms with Crippen molar-refractivity contribution >= 4 is 0 Å². The van der Waals surface area contributed by atoms with Crippen molar-refractivity contribution in [2.45, 2.75) is 26.6 Å². The molecule has 0 aliphatic heterocycles. The largest absolute Gasteiger partial charge is 0.468 e. The fraction of sp³-hybridized carbons (Fsp3) is 0.462. The molecule has 2 aromatic rings. The Hall–Kier alpha value is -1.59. The molecule has 2 heterocycles. The predicted octanol–water partition coefficient (Wildman–Crippen LogP) is 1.46. The number of furan rings is 1. The monoisotopic (exact) mass is 248 g/mol. The van der Waals surface area contributed by atoms with E-state index in [0.29, 0.717) is 6.54 Å². The quantitative estimate of drug-likeness (QED) is 0.805. The van der Waals surface area contributed by atoms with Gasteiger partial charge in [-0.25, -0.2) is 4.98 Å². The van der Waals surface area contributed by atoms with E-state index in [1.807, 2.05) is 23.0 Å². The van der Waals surface area contributed by atoms with E-state index in [1.165, 1.54) is 0 Å². The lowest BCUT2D eigenvalue weighted by Gasteiger charge is -2.17. The molecule has 0 fully saturated rings. The number of imidazole rings is 1. The smallest absolute Gasteiger partial charge is 0.117 e. The molecule has 0 atom stereocenters. The highest BCUT2D eigenvalue weighted by Crippen LogP contribution is 2.09. The molecule has 2 N–H and O–H groups in total. The van der Waals surface area contributed by atoms with Crippen molar-refractivity contribution in [3.05, 3.63) is 42.4 Å². The molecule has 0 spiro atoms. The molecule has 0 saturated heterocycles. The summed E-state index contributed by atoms with van der Waals surface area (Å²) in [4.78, 5) is 6.67. The Morgan fingerprint density at radius 2 is 2.33 bits per heavy atom.